The number of rotatable bonds is 6. The van der Waals surface area contributed by atoms with Crippen molar-refractivity contribution in [3.8, 4) is 0 Å². The molecule has 5 heteroatoms. The molecular weight excluding hydrogens is 262 g/mol. The van der Waals surface area contributed by atoms with Gasteiger partial charge in [0.1, 0.15) is 17.9 Å². The second-order valence-electron chi connectivity index (χ2n) is 3.91. The van der Waals surface area contributed by atoms with Crippen LogP contribution >= 0.6 is 12.2 Å². The predicted octanol–water partition coefficient (Wildman–Crippen LogP) is 1.88. The molecule has 0 radical (unpaired) electrons. The van der Waals surface area contributed by atoms with E-state index in [9.17, 15) is 9.59 Å². The Morgan fingerprint density at radius 2 is 2.05 bits per heavy atom. The zero-order valence-electron chi connectivity index (χ0n) is 10.6. The number of aldehydes is 1. The number of esters is 1. The molecule has 1 aromatic carbocycles. The molecule has 1 aromatic rings. The summed E-state index contributed by atoms with van der Waals surface area (Å²) < 4.78 is 4.92. The van der Waals surface area contributed by atoms with Crippen LogP contribution in [0.25, 0.3) is 0 Å². The molecule has 0 saturated carbocycles. The Hall–Kier alpha value is -2.01. The molecule has 0 heterocycles. The van der Waals surface area contributed by atoms with Crippen LogP contribution in [0, 0.1) is 0 Å². The Morgan fingerprint density at radius 3 is 2.58 bits per heavy atom. The molecule has 0 aliphatic carbocycles. The van der Waals surface area contributed by atoms with Gasteiger partial charge in [-0.05, 0) is 6.92 Å². The number of ether oxygens (including phenoxy) is 1. The van der Waals surface area contributed by atoms with Crippen molar-refractivity contribution in [3.05, 3.63) is 47.5 Å². The van der Waals surface area contributed by atoms with Crippen molar-refractivity contribution in [2.24, 2.45) is 0 Å². The van der Waals surface area contributed by atoms with Crippen molar-refractivity contribution >= 4 is 29.5 Å². The van der Waals surface area contributed by atoms with E-state index in [4.69, 9.17) is 17.0 Å². The van der Waals surface area contributed by atoms with Gasteiger partial charge in [0.25, 0.3) is 0 Å². The van der Waals surface area contributed by atoms with E-state index in [0.717, 1.165) is 11.8 Å². The van der Waals surface area contributed by atoms with E-state index in [-0.39, 0.29) is 6.61 Å². The minimum absolute atomic E-state index is 0.220. The average molecular weight is 277 g/mol. The average Bonchev–Trinajstić information content (AvgIpc) is 2.43. The quantitative estimate of drug-likeness (QED) is 0.283. The first-order valence-corrected chi connectivity index (χ1v) is 6.11. The van der Waals surface area contributed by atoms with Gasteiger partial charge in [-0.1, -0.05) is 43.1 Å². The van der Waals surface area contributed by atoms with Gasteiger partial charge < -0.3 is 10.1 Å². The zero-order chi connectivity index (χ0) is 14.3. The first-order valence-electron chi connectivity index (χ1n) is 5.70. The Kier molecular flexibility index (Phi) is 5.89. The predicted molar refractivity (Wildman–Crippen MR) is 77.3 cm³/mol. The Morgan fingerprint density at radius 1 is 1.42 bits per heavy atom. The minimum atomic E-state index is -0.414. The lowest BCUT2D eigenvalue weighted by Crippen LogP contribution is -2.27. The third-order valence-electron chi connectivity index (χ3n) is 2.28. The van der Waals surface area contributed by atoms with Gasteiger partial charge in [0.2, 0.25) is 0 Å². The normalized spacial score (nSPS) is 9.53. The molecule has 0 amide bonds. The SMILES string of the molecule is C=C(C)C(=O)OCCNC(=S)c1ccc(C=O)cc1. The Labute approximate surface area is 117 Å². The van der Waals surface area contributed by atoms with E-state index < -0.39 is 5.97 Å². The minimum Gasteiger partial charge on any atom is -0.460 e. The zero-order valence-corrected chi connectivity index (χ0v) is 11.5. The maximum atomic E-state index is 11.1. The highest BCUT2D eigenvalue weighted by molar-refractivity contribution is 7.80. The first-order chi connectivity index (χ1) is 9.04. The standard InChI is InChI=1S/C14H15NO3S/c1-10(2)14(17)18-8-7-15-13(19)12-5-3-11(9-16)4-6-12/h3-6,9H,1,7-8H2,2H3,(H,15,19). The summed E-state index contributed by atoms with van der Waals surface area (Å²) in [4.78, 5) is 22.2. The monoisotopic (exact) mass is 277 g/mol. The van der Waals surface area contributed by atoms with Gasteiger partial charge in [-0.15, -0.1) is 0 Å². The van der Waals surface area contributed by atoms with Crippen molar-refractivity contribution in [1.82, 2.24) is 5.32 Å². The fourth-order valence-electron chi connectivity index (χ4n) is 1.25. The van der Waals surface area contributed by atoms with E-state index in [0.29, 0.717) is 22.7 Å². The number of carbonyl (C=O) groups is 2. The summed E-state index contributed by atoms with van der Waals surface area (Å²) in [5.41, 5.74) is 1.78. The van der Waals surface area contributed by atoms with Crippen LogP contribution in [0.2, 0.25) is 0 Å². The maximum Gasteiger partial charge on any atom is 0.333 e. The lowest BCUT2D eigenvalue weighted by atomic mass is 10.1. The highest BCUT2D eigenvalue weighted by atomic mass is 32.1. The Balaban J connectivity index is 2.36. The fourth-order valence-corrected chi connectivity index (χ4v) is 1.48. The molecule has 100 valence electrons. The summed E-state index contributed by atoms with van der Waals surface area (Å²) >= 11 is 5.17. The lowest BCUT2D eigenvalue weighted by Gasteiger charge is -2.08. The molecule has 0 unspecified atom stereocenters. The second kappa shape index (κ2) is 7.43. The summed E-state index contributed by atoms with van der Waals surface area (Å²) in [7, 11) is 0. The van der Waals surface area contributed by atoms with Gasteiger partial charge in [0, 0.05) is 23.2 Å². The van der Waals surface area contributed by atoms with Gasteiger partial charge in [-0.2, -0.15) is 0 Å². The molecule has 0 aromatic heterocycles. The number of carbonyl (C=O) groups excluding carboxylic acids is 2. The molecular formula is C14H15NO3S. The van der Waals surface area contributed by atoms with Crippen molar-refractivity contribution in [2.75, 3.05) is 13.2 Å². The third-order valence-corrected chi connectivity index (χ3v) is 2.66. The van der Waals surface area contributed by atoms with Gasteiger partial charge in [0.15, 0.2) is 0 Å². The summed E-state index contributed by atoms with van der Waals surface area (Å²) in [6, 6.07) is 6.91. The molecule has 19 heavy (non-hydrogen) atoms. The van der Waals surface area contributed by atoms with Gasteiger partial charge >= 0.3 is 5.97 Å². The summed E-state index contributed by atoms with van der Waals surface area (Å²) in [5.74, 6) is -0.414. The summed E-state index contributed by atoms with van der Waals surface area (Å²) in [5, 5.41) is 2.97. The summed E-state index contributed by atoms with van der Waals surface area (Å²) in [6.07, 6.45) is 0.775. The smallest absolute Gasteiger partial charge is 0.333 e. The van der Waals surface area contributed by atoms with Crippen LogP contribution in [0.15, 0.2) is 36.4 Å². The van der Waals surface area contributed by atoms with Gasteiger partial charge in [0.05, 0.1) is 0 Å². The van der Waals surface area contributed by atoms with Crippen LogP contribution in [-0.4, -0.2) is 30.4 Å². The second-order valence-corrected chi connectivity index (χ2v) is 4.32. The molecule has 0 aliphatic heterocycles. The van der Waals surface area contributed by atoms with E-state index in [1.54, 1.807) is 31.2 Å². The fraction of sp³-hybridized carbons (Fsp3) is 0.214. The first kappa shape index (κ1) is 15.0. The van der Waals surface area contributed by atoms with Crippen molar-refractivity contribution in [2.45, 2.75) is 6.92 Å². The van der Waals surface area contributed by atoms with E-state index >= 15 is 0 Å². The number of thiocarbonyl (C=S) groups is 1. The molecule has 0 spiro atoms. The molecule has 1 N–H and O–H groups in total. The highest BCUT2D eigenvalue weighted by Gasteiger charge is 2.03. The highest BCUT2D eigenvalue weighted by Crippen LogP contribution is 2.03. The maximum absolute atomic E-state index is 11.1. The molecule has 0 saturated heterocycles. The lowest BCUT2D eigenvalue weighted by molar-refractivity contribution is -0.138. The van der Waals surface area contributed by atoms with E-state index in [1.807, 2.05) is 0 Å². The molecule has 1 rings (SSSR count). The molecule has 0 bridgehead atoms. The van der Waals surface area contributed by atoms with Crippen LogP contribution in [0.3, 0.4) is 0 Å². The summed E-state index contributed by atoms with van der Waals surface area (Å²) in [6.45, 7) is 5.72. The topological polar surface area (TPSA) is 55.4 Å². The third kappa shape index (κ3) is 5.01. The molecule has 4 nitrogen and oxygen atoms in total. The van der Waals surface area contributed by atoms with Crippen LogP contribution < -0.4 is 5.32 Å². The number of nitrogens with one attached hydrogen (secondary N) is 1. The van der Waals surface area contributed by atoms with E-state index in [1.165, 1.54) is 0 Å². The van der Waals surface area contributed by atoms with Crippen LogP contribution in [0.5, 0.6) is 0 Å². The molecule has 0 fully saturated rings. The van der Waals surface area contributed by atoms with Crippen LogP contribution in [0.1, 0.15) is 22.8 Å². The van der Waals surface area contributed by atoms with E-state index in [2.05, 4.69) is 11.9 Å². The number of benzene rings is 1. The molecule has 0 aliphatic rings. The largest absolute Gasteiger partial charge is 0.460 e. The molecule has 0 atom stereocenters. The van der Waals surface area contributed by atoms with Crippen molar-refractivity contribution in [1.29, 1.82) is 0 Å². The van der Waals surface area contributed by atoms with Crippen molar-refractivity contribution < 1.29 is 14.3 Å². The number of hydrogen-bond donors (Lipinski definition) is 1. The van der Waals surface area contributed by atoms with Crippen LogP contribution in [-0.2, 0) is 9.53 Å². The van der Waals surface area contributed by atoms with Crippen LogP contribution in [0.4, 0.5) is 0 Å². The van der Waals surface area contributed by atoms with Crippen molar-refractivity contribution in [3.63, 3.8) is 0 Å². The Bertz CT molecular complexity index is 494. The van der Waals surface area contributed by atoms with Gasteiger partial charge in [-0.3, -0.25) is 4.79 Å². The number of hydrogen-bond acceptors (Lipinski definition) is 4. The van der Waals surface area contributed by atoms with Gasteiger partial charge in [-0.25, -0.2) is 4.79 Å².